The molecule has 0 saturated carbocycles. The minimum Gasteiger partial charge on any atom is -0.493 e. The van der Waals surface area contributed by atoms with Gasteiger partial charge in [-0.2, -0.15) is 0 Å². The molecule has 1 aliphatic rings. The predicted molar refractivity (Wildman–Crippen MR) is 132 cm³/mol. The van der Waals surface area contributed by atoms with Gasteiger partial charge in [-0.3, -0.25) is 0 Å². The number of hydrogen-bond donors (Lipinski definition) is 1. The number of nitrogens with zero attached hydrogens (tertiary/aromatic N) is 1. The molecule has 3 aromatic carbocycles. The van der Waals surface area contributed by atoms with E-state index in [0.29, 0.717) is 29.0 Å². The molecule has 3 aromatic rings. The number of anilines is 1. The largest absolute Gasteiger partial charge is 0.493 e. The summed E-state index contributed by atoms with van der Waals surface area (Å²) in [5.41, 5.74) is 4.32. The van der Waals surface area contributed by atoms with Gasteiger partial charge in [0.15, 0.2) is 16.6 Å². The summed E-state index contributed by atoms with van der Waals surface area (Å²) in [6, 6.07) is 18.0. The quantitative estimate of drug-likeness (QED) is 0.482. The van der Waals surface area contributed by atoms with E-state index in [-0.39, 0.29) is 11.9 Å². The van der Waals surface area contributed by atoms with Gasteiger partial charge in [0, 0.05) is 12.2 Å². The molecule has 0 saturated heterocycles. The van der Waals surface area contributed by atoms with E-state index in [0.717, 1.165) is 35.3 Å². The van der Waals surface area contributed by atoms with Crippen LogP contribution in [0.2, 0.25) is 0 Å². The van der Waals surface area contributed by atoms with Crippen molar-refractivity contribution in [1.29, 1.82) is 0 Å². The molecule has 0 radical (unpaired) electrons. The third-order valence-corrected chi connectivity index (χ3v) is 6.09. The molecule has 1 heterocycles. The highest BCUT2D eigenvalue weighted by atomic mass is 32.1. The Labute approximate surface area is 199 Å². The number of halogens is 1. The van der Waals surface area contributed by atoms with E-state index >= 15 is 0 Å². The Kier molecular flexibility index (Phi) is 6.99. The molecule has 1 N–H and O–H groups in total. The summed E-state index contributed by atoms with van der Waals surface area (Å²) >= 11 is 5.82. The van der Waals surface area contributed by atoms with Crippen LogP contribution in [0.25, 0.3) is 0 Å². The third kappa shape index (κ3) is 5.20. The second kappa shape index (κ2) is 10.1. The zero-order chi connectivity index (χ0) is 23.4. The fourth-order valence-corrected chi connectivity index (χ4v) is 4.41. The maximum Gasteiger partial charge on any atom is 0.174 e. The SMILES string of the molecule is COc1cc2c(cc1OC)[C@H](COc1ccc(F)cc1)N(C(=S)Nc1cccc(C)c1)CC2. The van der Waals surface area contributed by atoms with Crippen molar-refractivity contribution >= 4 is 23.0 Å². The van der Waals surface area contributed by atoms with Crippen LogP contribution in [-0.4, -0.2) is 37.4 Å². The van der Waals surface area contributed by atoms with Gasteiger partial charge in [0.1, 0.15) is 18.2 Å². The standard InChI is InChI=1S/C26H27FN2O3S/c1-17-5-4-6-20(13-17)28-26(33)29-12-11-18-14-24(30-2)25(31-3)15-22(18)23(29)16-32-21-9-7-19(27)8-10-21/h4-10,13-15,23H,11-12,16H2,1-3H3,(H,28,33)/t23-/m0/s1. The first-order valence-electron chi connectivity index (χ1n) is 10.8. The maximum atomic E-state index is 13.3. The molecule has 1 atom stereocenters. The molecule has 4 rings (SSSR count). The molecule has 0 fully saturated rings. The number of thiocarbonyl (C=S) groups is 1. The normalized spacial score (nSPS) is 14.9. The van der Waals surface area contributed by atoms with E-state index in [9.17, 15) is 4.39 Å². The van der Waals surface area contributed by atoms with Crippen molar-refractivity contribution in [2.24, 2.45) is 0 Å². The molecule has 33 heavy (non-hydrogen) atoms. The molecule has 0 amide bonds. The summed E-state index contributed by atoms with van der Waals surface area (Å²) < 4.78 is 30.4. The van der Waals surface area contributed by atoms with Crippen molar-refractivity contribution in [3.63, 3.8) is 0 Å². The fraction of sp³-hybridized carbons (Fsp3) is 0.269. The van der Waals surface area contributed by atoms with Crippen LogP contribution < -0.4 is 19.5 Å². The summed E-state index contributed by atoms with van der Waals surface area (Å²) in [5, 5.41) is 3.99. The smallest absolute Gasteiger partial charge is 0.174 e. The molecule has 172 valence electrons. The molecular formula is C26H27FN2O3S. The number of benzene rings is 3. The van der Waals surface area contributed by atoms with Crippen molar-refractivity contribution in [3.8, 4) is 17.2 Å². The fourth-order valence-electron chi connectivity index (χ4n) is 4.08. The van der Waals surface area contributed by atoms with E-state index in [1.165, 1.54) is 12.1 Å². The Morgan fingerprint density at radius 1 is 1.06 bits per heavy atom. The van der Waals surface area contributed by atoms with Crippen LogP contribution in [0, 0.1) is 12.7 Å². The molecule has 0 spiro atoms. The van der Waals surface area contributed by atoms with E-state index in [2.05, 4.69) is 16.3 Å². The highest BCUT2D eigenvalue weighted by Gasteiger charge is 2.31. The van der Waals surface area contributed by atoms with Gasteiger partial charge in [-0.25, -0.2) is 4.39 Å². The van der Waals surface area contributed by atoms with Gasteiger partial charge in [-0.05, 0) is 90.8 Å². The summed E-state index contributed by atoms with van der Waals surface area (Å²) in [7, 11) is 3.26. The Balaban J connectivity index is 1.64. The van der Waals surface area contributed by atoms with E-state index in [1.54, 1.807) is 26.4 Å². The first-order valence-corrected chi connectivity index (χ1v) is 11.2. The average molecular weight is 467 g/mol. The van der Waals surface area contributed by atoms with Crippen molar-refractivity contribution in [1.82, 2.24) is 4.90 Å². The molecule has 5 nitrogen and oxygen atoms in total. The first kappa shape index (κ1) is 22.9. The Morgan fingerprint density at radius 3 is 2.48 bits per heavy atom. The summed E-state index contributed by atoms with van der Waals surface area (Å²) in [6.07, 6.45) is 0.804. The van der Waals surface area contributed by atoms with Crippen molar-refractivity contribution in [2.45, 2.75) is 19.4 Å². The highest BCUT2D eigenvalue weighted by Crippen LogP contribution is 2.38. The lowest BCUT2D eigenvalue weighted by Crippen LogP contribution is -2.44. The van der Waals surface area contributed by atoms with Gasteiger partial charge in [0.2, 0.25) is 0 Å². The Morgan fingerprint density at radius 2 is 1.79 bits per heavy atom. The molecule has 1 aliphatic heterocycles. The molecular weight excluding hydrogens is 439 g/mol. The van der Waals surface area contributed by atoms with Crippen LogP contribution in [-0.2, 0) is 6.42 Å². The Hall–Kier alpha value is -3.32. The molecule has 0 unspecified atom stereocenters. The Bertz CT molecular complexity index is 1140. The van der Waals surface area contributed by atoms with Gasteiger partial charge < -0.3 is 24.4 Å². The second-order valence-electron chi connectivity index (χ2n) is 7.93. The monoisotopic (exact) mass is 466 g/mol. The van der Waals surface area contributed by atoms with Crippen LogP contribution in [0.5, 0.6) is 17.2 Å². The maximum absolute atomic E-state index is 13.3. The van der Waals surface area contributed by atoms with Gasteiger partial charge in [0.25, 0.3) is 0 Å². The lowest BCUT2D eigenvalue weighted by molar-refractivity contribution is 0.190. The number of rotatable bonds is 6. The average Bonchev–Trinajstić information content (AvgIpc) is 2.82. The zero-order valence-electron chi connectivity index (χ0n) is 18.9. The first-order chi connectivity index (χ1) is 16.0. The number of fused-ring (bicyclic) bond motifs is 1. The van der Waals surface area contributed by atoms with Gasteiger partial charge in [-0.15, -0.1) is 0 Å². The summed E-state index contributed by atoms with van der Waals surface area (Å²) in [6.45, 7) is 3.10. The number of methoxy groups -OCH3 is 2. The topological polar surface area (TPSA) is 43.0 Å². The molecule has 0 aromatic heterocycles. The summed E-state index contributed by atoms with van der Waals surface area (Å²) in [4.78, 5) is 2.13. The minimum absolute atomic E-state index is 0.164. The minimum atomic E-state index is -0.299. The van der Waals surface area contributed by atoms with Gasteiger partial charge >= 0.3 is 0 Å². The van der Waals surface area contributed by atoms with Crippen LogP contribution in [0.15, 0.2) is 60.7 Å². The number of ether oxygens (including phenoxy) is 3. The lowest BCUT2D eigenvalue weighted by atomic mass is 9.92. The second-order valence-corrected chi connectivity index (χ2v) is 8.32. The third-order valence-electron chi connectivity index (χ3n) is 5.75. The predicted octanol–water partition coefficient (Wildman–Crippen LogP) is 5.53. The summed E-state index contributed by atoms with van der Waals surface area (Å²) in [5.74, 6) is 1.65. The zero-order valence-corrected chi connectivity index (χ0v) is 19.7. The van der Waals surface area contributed by atoms with Crippen molar-refractivity contribution in [3.05, 3.63) is 83.2 Å². The van der Waals surface area contributed by atoms with E-state index in [4.69, 9.17) is 26.4 Å². The van der Waals surface area contributed by atoms with Gasteiger partial charge in [0.05, 0.1) is 20.3 Å². The van der Waals surface area contributed by atoms with E-state index < -0.39 is 0 Å². The van der Waals surface area contributed by atoms with Crippen LogP contribution >= 0.6 is 12.2 Å². The van der Waals surface area contributed by atoms with Crippen molar-refractivity contribution < 1.29 is 18.6 Å². The molecule has 0 bridgehead atoms. The number of hydrogen-bond acceptors (Lipinski definition) is 4. The van der Waals surface area contributed by atoms with Crippen LogP contribution in [0.3, 0.4) is 0 Å². The van der Waals surface area contributed by atoms with Crippen LogP contribution in [0.1, 0.15) is 22.7 Å². The van der Waals surface area contributed by atoms with E-state index in [1.807, 2.05) is 37.3 Å². The van der Waals surface area contributed by atoms with Gasteiger partial charge in [-0.1, -0.05) is 12.1 Å². The molecule has 0 aliphatic carbocycles. The molecule has 7 heteroatoms. The number of nitrogens with one attached hydrogen (secondary N) is 1. The van der Waals surface area contributed by atoms with Crippen LogP contribution in [0.4, 0.5) is 10.1 Å². The van der Waals surface area contributed by atoms with Crippen molar-refractivity contribution in [2.75, 3.05) is 32.7 Å². The lowest BCUT2D eigenvalue weighted by Gasteiger charge is -2.39. The highest BCUT2D eigenvalue weighted by molar-refractivity contribution is 7.80. The number of aryl methyl sites for hydroxylation is 1.